The molecule has 0 aliphatic carbocycles. The Balaban J connectivity index is 1.59. The van der Waals surface area contributed by atoms with Crippen LogP contribution in [0.3, 0.4) is 0 Å². The zero-order valence-corrected chi connectivity index (χ0v) is 40.4. The monoisotopic (exact) mass is 928 g/mol. The van der Waals surface area contributed by atoms with E-state index in [1.54, 1.807) is 41.5 Å². The van der Waals surface area contributed by atoms with Crippen LogP contribution in [0.5, 0.6) is 0 Å². The number of ketones is 1. The molecule has 17 heteroatoms. The maximum absolute atomic E-state index is 14.6. The lowest BCUT2D eigenvalue weighted by atomic mass is 9.87. The Bertz CT molecular complexity index is 2130. The third-order valence-corrected chi connectivity index (χ3v) is 11.2. The number of ether oxygens (including phenoxy) is 3. The van der Waals surface area contributed by atoms with Crippen molar-refractivity contribution in [3.05, 3.63) is 89.7 Å². The molecule has 4 N–H and O–H groups in total. The number of unbranched alkanes of at least 4 members (excludes halogenated alkanes) is 1. The lowest BCUT2D eigenvalue weighted by molar-refractivity contribution is -0.153. The first-order chi connectivity index (χ1) is 31.6. The van der Waals surface area contributed by atoms with E-state index in [9.17, 15) is 33.6 Å². The maximum Gasteiger partial charge on any atom is 0.414 e. The summed E-state index contributed by atoms with van der Waals surface area (Å²) in [5.41, 5.74) is -0.809. The Labute approximate surface area is 394 Å². The van der Waals surface area contributed by atoms with E-state index < -0.39 is 70.6 Å². The average Bonchev–Trinajstić information content (AvgIpc) is 3.26. The number of aromatic nitrogens is 2. The summed E-state index contributed by atoms with van der Waals surface area (Å²) in [4.78, 5) is 106. The van der Waals surface area contributed by atoms with E-state index in [0.29, 0.717) is 24.8 Å². The molecule has 67 heavy (non-hydrogen) atoms. The molecule has 0 bridgehead atoms. The number of esters is 1. The second-order valence-corrected chi connectivity index (χ2v) is 19.2. The van der Waals surface area contributed by atoms with E-state index in [2.05, 4.69) is 31.2 Å². The molecule has 1 aliphatic heterocycles. The maximum atomic E-state index is 14.6. The number of nitrogens with one attached hydrogen (secondary N) is 4. The van der Waals surface area contributed by atoms with Gasteiger partial charge in [-0.15, -0.1) is 0 Å². The van der Waals surface area contributed by atoms with Crippen molar-refractivity contribution in [2.45, 2.75) is 142 Å². The first kappa shape index (κ1) is 53.2. The van der Waals surface area contributed by atoms with Gasteiger partial charge in [0.1, 0.15) is 22.8 Å². The van der Waals surface area contributed by atoms with Crippen molar-refractivity contribution in [1.82, 2.24) is 30.8 Å². The highest BCUT2D eigenvalue weighted by molar-refractivity contribution is 5.95. The molecule has 2 aromatic carbocycles. The number of hydrogen-bond donors (Lipinski definition) is 4. The molecule has 2 heterocycles. The Kier molecular flexibility index (Phi) is 19.4. The van der Waals surface area contributed by atoms with E-state index in [1.807, 2.05) is 74.5 Å². The quantitative estimate of drug-likeness (QED) is 0.0726. The molecular formula is C50H69N7O10. The van der Waals surface area contributed by atoms with Crippen LogP contribution < -0.4 is 21.3 Å². The lowest BCUT2D eigenvalue weighted by Crippen LogP contribution is -2.63. The molecule has 5 amide bonds. The predicted octanol–water partition coefficient (Wildman–Crippen LogP) is 6.28. The van der Waals surface area contributed by atoms with Crippen molar-refractivity contribution in [2.75, 3.05) is 25.5 Å². The highest BCUT2D eigenvalue weighted by atomic mass is 16.6. The van der Waals surface area contributed by atoms with Gasteiger partial charge in [0.05, 0.1) is 13.2 Å². The van der Waals surface area contributed by atoms with Crippen LogP contribution in [-0.2, 0) is 57.4 Å². The topological polar surface area (TPSA) is 224 Å². The number of Topliss-reactive ketones (excluding diaryl/α,β-unsaturated/α-hetero) is 1. The van der Waals surface area contributed by atoms with Gasteiger partial charge in [-0.2, -0.15) is 0 Å². The van der Waals surface area contributed by atoms with Gasteiger partial charge in [-0.1, -0.05) is 87.4 Å². The van der Waals surface area contributed by atoms with Gasteiger partial charge in [0.2, 0.25) is 23.7 Å². The van der Waals surface area contributed by atoms with Crippen molar-refractivity contribution >= 4 is 47.6 Å². The number of likely N-dealkylation sites (tertiary alicyclic amines) is 1. The largest absolute Gasteiger partial charge is 0.467 e. The third-order valence-electron chi connectivity index (χ3n) is 11.2. The van der Waals surface area contributed by atoms with Crippen molar-refractivity contribution in [3.63, 3.8) is 0 Å². The number of alkyl carbamates (subject to hydrolysis) is 1. The summed E-state index contributed by atoms with van der Waals surface area (Å²) < 4.78 is 15.8. The van der Waals surface area contributed by atoms with Crippen molar-refractivity contribution in [1.29, 1.82) is 0 Å². The SMILES string of the molecule is CCCC[C@@H](CC(=O)[C@@H](Cc1ccccc1)NC(=O)[C@H](C)Cc1ccccc1)C(=O)N[C@H](Cc1cnc(NC(=O)OC(C)(C)C)nc1)C(=O)N1CCC(NC(=O)OC(C)(C)C)(C(=O)OC)CC1. The van der Waals surface area contributed by atoms with Gasteiger partial charge in [-0.25, -0.2) is 24.4 Å². The second kappa shape index (κ2) is 24.4. The fraction of sp³-hybridized carbons (Fsp3) is 0.540. The Morgan fingerprint density at radius 2 is 1.24 bits per heavy atom. The van der Waals surface area contributed by atoms with E-state index in [0.717, 1.165) is 17.5 Å². The molecule has 1 aromatic heterocycles. The minimum atomic E-state index is -1.48. The fourth-order valence-electron chi connectivity index (χ4n) is 7.68. The first-order valence-electron chi connectivity index (χ1n) is 23.0. The van der Waals surface area contributed by atoms with E-state index in [4.69, 9.17) is 14.2 Å². The molecule has 3 aromatic rings. The minimum absolute atomic E-state index is 0.00660. The van der Waals surface area contributed by atoms with Crippen LogP contribution in [0.4, 0.5) is 15.5 Å². The molecule has 1 aliphatic rings. The molecule has 364 valence electrons. The highest BCUT2D eigenvalue weighted by Gasteiger charge is 2.46. The van der Waals surface area contributed by atoms with Crippen LogP contribution in [0, 0.1) is 11.8 Å². The molecule has 0 saturated carbocycles. The number of amides is 5. The Morgan fingerprint density at radius 3 is 1.78 bits per heavy atom. The number of methoxy groups -OCH3 is 1. The van der Waals surface area contributed by atoms with E-state index in [-0.39, 0.29) is 62.8 Å². The number of carbonyl (C=O) groups is 7. The van der Waals surface area contributed by atoms with E-state index in [1.165, 1.54) is 24.4 Å². The molecule has 4 atom stereocenters. The summed E-state index contributed by atoms with van der Waals surface area (Å²) >= 11 is 0. The predicted molar refractivity (Wildman–Crippen MR) is 251 cm³/mol. The van der Waals surface area contributed by atoms with Crippen LogP contribution in [0.25, 0.3) is 0 Å². The van der Waals surface area contributed by atoms with Gasteiger partial charge in [-0.3, -0.25) is 24.5 Å². The zero-order chi connectivity index (χ0) is 49.4. The standard InChI is InChI=1S/C50H69N7O10/c1-10-11-22-37(30-40(58)38(28-35-20-16-13-17-21-35)53-41(59)33(2)27-34-18-14-12-15-19-34)42(60)54-39(29-36-31-51-45(52-32-36)55-46(63)66-48(3,4)5)43(61)57-25-23-50(24-26-57,44(62)65-9)56-47(64)67-49(6,7)8/h12-21,31-33,37-39H,10-11,22-30H2,1-9H3,(H,53,59)(H,54,60)(H,56,64)(H,51,52,55,63)/t33-,37+,38-,39-/m1/s1. The van der Waals surface area contributed by atoms with Gasteiger partial charge in [0.15, 0.2) is 5.78 Å². The fourth-order valence-corrected chi connectivity index (χ4v) is 7.68. The van der Waals surface area contributed by atoms with Gasteiger partial charge < -0.3 is 35.1 Å². The molecule has 1 saturated heterocycles. The number of benzene rings is 2. The third kappa shape index (κ3) is 17.4. The summed E-state index contributed by atoms with van der Waals surface area (Å²) in [5, 5.41) is 11.1. The van der Waals surface area contributed by atoms with Crippen LogP contribution in [-0.4, -0.2) is 106 Å². The normalized spacial score (nSPS) is 15.4. The van der Waals surface area contributed by atoms with Crippen LogP contribution in [0.1, 0.15) is 111 Å². The smallest absolute Gasteiger partial charge is 0.414 e. The summed E-state index contributed by atoms with van der Waals surface area (Å²) in [5.74, 6) is -3.65. The van der Waals surface area contributed by atoms with Crippen LogP contribution in [0.2, 0.25) is 0 Å². The van der Waals surface area contributed by atoms with Crippen LogP contribution >= 0.6 is 0 Å². The summed E-state index contributed by atoms with van der Waals surface area (Å²) in [6.07, 6.45) is 3.35. The summed E-state index contributed by atoms with van der Waals surface area (Å²) in [6.45, 7) is 14.0. The first-order valence-corrected chi connectivity index (χ1v) is 23.0. The van der Waals surface area contributed by atoms with Crippen molar-refractivity contribution in [2.24, 2.45) is 11.8 Å². The molecule has 0 spiro atoms. The van der Waals surface area contributed by atoms with Crippen molar-refractivity contribution in [3.8, 4) is 0 Å². The van der Waals surface area contributed by atoms with Crippen molar-refractivity contribution < 1.29 is 47.8 Å². The number of carbonyl (C=O) groups excluding carboxylic acids is 7. The summed E-state index contributed by atoms with van der Waals surface area (Å²) in [6, 6.07) is 16.8. The molecule has 1 fully saturated rings. The Hall–Kier alpha value is -6.39. The molecule has 0 radical (unpaired) electrons. The van der Waals surface area contributed by atoms with Gasteiger partial charge in [0, 0.05) is 50.2 Å². The van der Waals surface area contributed by atoms with Crippen LogP contribution in [0.15, 0.2) is 73.1 Å². The number of anilines is 1. The zero-order valence-electron chi connectivity index (χ0n) is 40.4. The number of hydrogen-bond acceptors (Lipinski definition) is 12. The number of piperidine rings is 1. The second-order valence-electron chi connectivity index (χ2n) is 19.2. The van der Waals surface area contributed by atoms with Gasteiger partial charge in [-0.05, 0) is 90.3 Å². The number of rotatable bonds is 20. The molecule has 0 unspecified atom stereocenters. The number of nitrogens with zero attached hydrogens (tertiary/aromatic N) is 3. The van der Waals surface area contributed by atoms with Gasteiger partial charge in [0.25, 0.3) is 0 Å². The molecule has 4 rings (SSSR count). The minimum Gasteiger partial charge on any atom is -0.467 e. The summed E-state index contributed by atoms with van der Waals surface area (Å²) in [7, 11) is 1.21. The van der Waals surface area contributed by atoms with E-state index >= 15 is 0 Å². The highest BCUT2D eigenvalue weighted by Crippen LogP contribution is 2.27. The lowest BCUT2D eigenvalue weighted by Gasteiger charge is -2.41. The molecule has 17 nitrogen and oxygen atoms in total. The Morgan fingerprint density at radius 1 is 0.716 bits per heavy atom. The van der Waals surface area contributed by atoms with Gasteiger partial charge >= 0.3 is 18.2 Å². The average molecular weight is 928 g/mol. The molecular weight excluding hydrogens is 859 g/mol.